The van der Waals surface area contributed by atoms with Crippen LogP contribution in [0.3, 0.4) is 0 Å². The number of aromatic nitrogens is 4. The third-order valence-electron chi connectivity index (χ3n) is 4.49. The molecule has 0 fully saturated rings. The van der Waals surface area contributed by atoms with Crippen molar-refractivity contribution in [3.8, 4) is 0 Å². The third kappa shape index (κ3) is 6.80. The monoisotopic (exact) mass is 431 g/mol. The number of benzene rings is 1. The van der Waals surface area contributed by atoms with Crippen LogP contribution in [0.1, 0.15) is 29.6 Å². The highest BCUT2D eigenvalue weighted by molar-refractivity contribution is 5.79. The Balaban J connectivity index is 1.66. The van der Waals surface area contributed by atoms with Crippen LogP contribution in [0.25, 0.3) is 0 Å². The Morgan fingerprint density at radius 1 is 1.13 bits per heavy atom. The van der Waals surface area contributed by atoms with Gasteiger partial charge >= 0.3 is 6.18 Å². The Kier molecular flexibility index (Phi) is 7.58. The zero-order chi connectivity index (χ0) is 22.1. The fourth-order valence-corrected chi connectivity index (χ4v) is 2.90. The van der Waals surface area contributed by atoms with Gasteiger partial charge in [0.15, 0.2) is 5.96 Å². The average Bonchev–Trinajstić information content (AvgIpc) is 3.23. The number of pyridine rings is 1. The van der Waals surface area contributed by atoms with Gasteiger partial charge in [0.1, 0.15) is 12.2 Å². The third-order valence-corrected chi connectivity index (χ3v) is 4.49. The lowest BCUT2D eigenvalue weighted by Crippen LogP contribution is -2.38. The molecule has 0 amide bonds. The summed E-state index contributed by atoms with van der Waals surface area (Å²) in [6, 6.07) is 10.8. The van der Waals surface area contributed by atoms with E-state index in [4.69, 9.17) is 0 Å². The molecular weight excluding hydrogens is 407 g/mol. The van der Waals surface area contributed by atoms with Crippen molar-refractivity contribution in [1.82, 2.24) is 30.4 Å². The number of hydrogen-bond acceptors (Lipinski definition) is 4. The first kappa shape index (κ1) is 22.3. The van der Waals surface area contributed by atoms with Gasteiger partial charge in [0.25, 0.3) is 0 Å². The van der Waals surface area contributed by atoms with E-state index in [1.807, 2.05) is 29.7 Å². The fraction of sp³-hybridized carbons (Fsp3) is 0.333. The number of aryl methyl sites for hydroxylation is 1. The van der Waals surface area contributed by atoms with Gasteiger partial charge < -0.3 is 15.2 Å². The van der Waals surface area contributed by atoms with Crippen LogP contribution in [0.5, 0.6) is 0 Å². The standard InChI is InChI=1S/C21H24F3N7/c1-2-19-30-29-15-31(19)11-10-26-20(28-14-18-8-3-4-9-25-18)27-13-16-6-5-7-17(12-16)21(22,23)24/h3-9,12,15H,2,10-11,13-14H2,1H3,(H2,26,27,28). The van der Waals surface area contributed by atoms with Gasteiger partial charge in [-0.2, -0.15) is 13.2 Å². The van der Waals surface area contributed by atoms with Crippen LogP contribution < -0.4 is 10.6 Å². The molecule has 0 aliphatic rings. The molecule has 31 heavy (non-hydrogen) atoms. The molecule has 0 aliphatic heterocycles. The summed E-state index contributed by atoms with van der Waals surface area (Å²) in [4.78, 5) is 8.71. The highest BCUT2D eigenvalue weighted by Gasteiger charge is 2.30. The molecule has 3 rings (SSSR count). The molecule has 3 aromatic rings. The van der Waals surface area contributed by atoms with E-state index < -0.39 is 11.7 Å². The SMILES string of the molecule is CCc1nncn1CCNC(=NCc1cccc(C(F)(F)F)c1)NCc1ccccn1. The maximum atomic E-state index is 13.0. The van der Waals surface area contributed by atoms with Crippen molar-refractivity contribution in [1.29, 1.82) is 0 Å². The minimum absolute atomic E-state index is 0.105. The molecule has 10 heteroatoms. The number of rotatable bonds is 8. The van der Waals surface area contributed by atoms with Crippen LogP contribution in [-0.2, 0) is 32.2 Å². The van der Waals surface area contributed by atoms with E-state index in [1.165, 1.54) is 6.07 Å². The number of aliphatic imine (C=N–C) groups is 1. The quantitative estimate of drug-likeness (QED) is 0.423. The minimum atomic E-state index is -4.38. The van der Waals surface area contributed by atoms with Gasteiger partial charge in [-0.3, -0.25) is 4.98 Å². The van der Waals surface area contributed by atoms with Crippen molar-refractivity contribution in [3.05, 3.63) is 77.6 Å². The van der Waals surface area contributed by atoms with Gasteiger partial charge in [-0.1, -0.05) is 25.1 Å². The predicted molar refractivity (Wildman–Crippen MR) is 111 cm³/mol. The number of hydrogen-bond donors (Lipinski definition) is 2. The molecule has 7 nitrogen and oxygen atoms in total. The van der Waals surface area contributed by atoms with Crippen LogP contribution in [0.4, 0.5) is 13.2 Å². The second-order valence-corrected chi connectivity index (χ2v) is 6.76. The number of alkyl halides is 3. The lowest BCUT2D eigenvalue weighted by atomic mass is 10.1. The predicted octanol–water partition coefficient (Wildman–Crippen LogP) is 3.19. The summed E-state index contributed by atoms with van der Waals surface area (Å²) in [6.07, 6.45) is -0.244. The lowest BCUT2D eigenvalue weighted by Gasteiger charge is -2.14. The topological polar surface area (TPSA) is 80.0 Å². The average molecular weight is 431 g/mol. The van der Waals surface area contributed by atoms with Crippen LogP contribution in [-0.4, -0.2) is 32.3 Å². The molecule has 0 saturated heterocycles. The van der Waals surface area contributed by atoms with Gasteiger partial charge in [0.05, 0.1) is 24.3 Å². The molecule has 164 valence electrons. The maximum absolute atomic E-state index is 13.0. The molecule has 1 aromatic carbocycles. The van der Waals surface area contributed by atoms with Crippen molar-refractivity contribution in [3.63, 3.8) is 0 Å². The molecule has 2 heterocycles. The highest BCUT2D eigenvalue weighted by atomic mass is 19.4. The van der Waals surface area contributed by atoms with Crippen LogP contribution in [0.2, 0.25) is 0 Å². The van der Waals surface area contributed by atoms with Crippen LogP contribution in [0, 0.1) is 0 Å². The number of guanidine groups is 1. The number of nitrogens with zero attached hydrogens (tertiary/aromatic N) is 5. The molecular formula is C21H24F3N7. The van der Waals surface area contributed by atoms with E-state index in [0.29, 0.717) is 31.2 Å². The Morgan fingerprint density at radius 2 is 2.00 bits per heavy atom. The summed E-state index contributed by atoms with van der Waals surface area (Å²) < 4.78 is 40.8. The number of halogens is 3. The summed E-state index contributed by atoms with van der Waals surface area (Å²) in [5.41, 5.74) is 0.611. The Hall–Kier alpha value is -3.43. The first-order chi connectivity index (χ1) is 15.0. The normalized spacial score (nSPS) is 12.1. The van der Waals surface area contributed by atoms with E-state index in [9.17, 15) is 13.2 Å². The van der Waals surface area contributed by atoms with Crippen LogP contribution >= 0.6 is 0 Å². The molecule has 0 atom stereocenters. The van der Waals surface area contributed by atoms with Gasteiger partial charge in [0.2, 0.25) is 0 Å². The minimum Gasteiger partial charge on any atom is -0.355 e. The zero-order valence-corrected chi connectivity index (χ0v) is 17.1. The molecule has 0 bridgehead atoms. The summed E-state index contributed by atoms with van der Waals surface area (Å²) >= 11 is 0. The molecule has 2 aromatic heterocycles. The van der Waals surface area contributed by atoms with E-state index in [0.717, 1.165) is 30.1 Å². The molecule has 0 radical (unpaired) electrons. The second-order valence-electron chi connectivity index (χ2n) is 6.76. The molecule has 0 saturated carbocycles. The summed E-state index contributed by atoms with van der Waals surface area (Å²) in [6.45, 7) is 3.71. The van der Waals surface area contributed by atoms with Crippen molar-refractivity contribution in [2.45, 2.75) is 39.2 Å². The summed E-state index contributed by atoms with van der Waals surface area (Å²) in [7, 11) is 0. The Bertz CT molecular complexity index is 984. The van der Waals surface area contributed by atoms with E-state index >= 15 is 0 Å². The smallest absolute Gasteiger partial charge is 0.355 e. The van der Waals surface area contributed by atoms with Crippen molar-refractivity contribution in [2.75, 3.05) is 6.54 Å². The lowest BCUT2D eigenvalue weighted by molar-refractivity contribution is -0.137. The van der Waals surface area contributed by atoms with Crippen molar-refractivity contribution in [2.24, 2.45) is 4.99 Å². The van der Waals surface area contributed by atoms with Gasteiger partial charge in [0, 0.05) is 25.7 Å². The first-order valence-corrected chi connectivity index (χ1v) is 9.90. The van der Waals surface area contributed by atoms with Crippen molar-refractivity contribution >= 4 is 5.96 Å². The van der Waals surface area contributed by atoms with Gasteiger partial charge in [-0.25, -0.2) is 4.99 Å². The summed E-state index contributed by atoms with van der Waals surface area (Å²) in [5, 5.41) is 14.3. The van der Waals surface area contributed by atoms with E-state index in [1.54, 1.807) is 18.6 Å². The Morgan fingerprint density at radius 3 is 2.74 bits per heavy atom. The Labute approximate surface area is 178 Å². The summed E-state index contributed by atoms with van der Waals surface area (Å²) in [5.74, 6) is 1.36. The van der Waals surface area contributed by atoms with Crippen molar-refractivity contribution < 1.29 is 13.2 Å². The maximum Gasteiger partial charge on any atom is 0.416 e. The second kappa shape index (κ2) is 10.6. The fourth-order valence-electron chi connectivity index (χ4n) is 2.90. The number of nitrogens with one attached hydrogen (secondary N) is 2. The molecule has 0 aliphatic carbocycles. The molecule has 0 spiro atoms. The largest absolute Gasteiger partial charge is 0.416 e. The highest BCUT2D eigenvalue weighted by Crippen LogP contribution is 2.29. The van der Waals surface area contributed by atoms with E-state index in [-0.39, 0.29) is 6.54 Å². The van der Waals surface area contributed by atoms with Gasteiger partial charge in [-0.05, 0) is 29.8 Å². The zero-order valence-electron chi connectivity index (χ0n) is 17.1. The molecule has 2 N–H and O–H groups in total. The van der Waals surface area contributed by atoms with Gasteiger partial charge in [-0.15, -0.1) is 10.2 Å². The molecule has 0 unspecified atom stereocenters. The van der Waals surface area contributed by atoms with E-state index in [2.05, 4.69) is 30.8 Å². The van der Waals surface area contributed by atoms with Crippen LogP contribution in [0.15, 0.2) is 60.0 Å². The first-order valence-electron chi connectivity index (χ1n) is 9.90.